The second kappa shape index (κ2) is 8.08. The summed E-state index contributed by atoms with van der Waals surface area (Å²) in [5, 5.41) is 7.21. The molecule has 0 saturated carbocycles. The zero-order valence-corrected chi connectivity index (χ0v) is 14.0. The molecule has 122 valence electrons. The van der Waals surface area contributed by atoms with E-state index in [-0.39, 0.29) is 6.03 Å². The summed E-state index contributed by atoms with van der Waals surface area (Å²) in [4.78, 5) is 20.8. The van der Waals surface area contributed by atoms with Gasteiger partial charge in [-0.3, -0.25) is 9.88 Å². The van der Waals surface area contributed by atoms with Crippen LogP contribution in [0.1, 0.15) is 11.3 Å². The Morgan fingerprint density at radius 3 is 2.78 bits per heavy atom. The number of hydrogen-bond acceptors (Lipinski definition) is 4. The summed E-state index contributed by atoms with van der Waals surface area (Å²) in [7, 11) is 0. The second-order valence-electron chi connectivity index (χ2n) is 5.70. The van der Waals surface area contributed by atoms with E-state index in [1.165, 1.54) is 5.56 Å². The summed E-state index contributed by atoms with van der Waals surface area (Å²) in [6.45, 7) is 4.90. The Balaban J connectivity index is 1.37. The molecule has 5 nitrogen and oxygen atoms in total. The smallest absolute Gasteiger partial charge is 0.317 e. The predicted molar refractivity (Wildman–Crippen MR) is 92.5 cm³/mol. The van der Waals surface area contributed by atoms with Crippen molar-refractivity contribution in [2.45, 2.75) is 13.0 Å². The van der Waals surface area contributed by atoms with Gasteiger partial charge >= 0.3 is 6.03 Å². The average Bonchev–Trinajstić information content (AvgIpc) is 3.10. The van der Waals surface area contributed by atoms with Crippen LogP contribution in [0.4, 0.5) is 4.79 Å². The highest BCUT2D eigenvalue weighted by Gasteiger charge is 2.20. The van der Waals surface area contributed by atoms with Gasteiger partial charge in [0.15, 0.2) is 0 Å². The van der Waals surface area contributed by atoms with Gasteiger partial charge in [0.2, 0.25) is 0 Å². The Hall–Kier alpha value is -1.92. The van der Waals surface area contributed by atoms with Crippen molar-refractivity contribution in [3.8, 4) is 0 Å². The number of nitrogens with zero attached hydrogens (tertiary/aromatic N) is 3. The summed E-state index contributed by atoms with van der Waals surface area (Å²) >= 11 is 1.69. The van der Waals surface area contributed by atoms with E-state index in [0.717, 1.165) is 44.8 Å². The largest absolute Gasteiger partial charge is 0.338 e. The maximum Gasteiger partial charge on any atom is 0.317 e. The Kier molecular flexibility index (Phi) is 5.60. The number of hydrogen-bond donors (Lipinski definition) is 1. The number of carbonyl (C=O) groups is 1. The zero-order valence-electron chi connectivity index (χ0n) is 13.1. The summed E-state index contributed by atoms with van der Waals surface area (Å²) in [5.41, 5.74) is 2.37. The van der Waals surface area contributed by atoms with Gasteiger partial charge in [-0.05, 0) is 40.9 Å². The molecule has 0 radical (unpaired) electrons. The number of pyridine rings is 1. The minimum Gasteiger partial charge on any atom is -0.338 e. The molecular weight excluding hydrogens is 308 g/mol. The first-order valence-corrected chi connectivity index (χ1v) is 8.91. The van der Waals surface area contributed by atoms with Crippen LogP contribution in [0.3, 0.4) is 0 Å². The number of rotatable bonds is 5. The fourth-order valence-electron chi connectivity index (χ4n) is 2.69. The number of amides is 2. The molecule has 2 aromatic rings. The quantitative estimate of drug-likeness (QED) is 0.914. The van der Waals surface area contributed by atoms with Crippen molar-refractivity contribution < 1.29 is 4.79 Å². The first-order chi connectivity index (χ1) is 11.3. The van der Waals surface area contributed by atoms with E-state index in [1.807, 2.05) is 29.3 Å². The summed E-state index contributed by atoms with van der Waals surface area (Å²) in [5.74, 6) is 0. The molecule has 2 amide bonds. The van der Waals surface area contributed by atoms with Gasteiger partial charge in [-0.15, -0.1) is 0 Å². The molecule has 3 rings (SSSR count). The molecular formula is C17H22N4OS. The number of carbonyl (C=O) groups excluding carboxylic acids is 1. The van der Waals surface area contributed by atoms with Crippen LogP contribution in [0.15, 0.2) is 41.2 Å². The maximum atomic E-state index is 12.2. The van der Waals surface area contributed by atoms with Gasteiger partial charge in [-0.2, -0.15) is 11.3 Å². The molecule has 2 aromatic heterocycles. The van der Waals surface area contributed by atoms with Crippen LogP contribution in [0.5, 0.6) is 0 Å². The van der Waals surface area contributed by atoms with Gasteiger partial charge in [0, 0.05) is 45.5 Å². The van der Waals surface area contributed by atoms with Crippen LogP contribution in [0, 0.1) is 0 Å². The lowest BCUT2D eigenvalue weighted by Gasteiger charge is -2.34. The SMILES string of the molecule is O=C(NCCc1ccsc1)N1CCN(Cc2ccccn2)CC1. The van der Waals surface area contributed by atoms with E-state index in [4.69, 9.17) is 0 Å². The third-order valence-corrected chi connectivity index (χ3v) is 4.77. The normalized spacial score (nSPS) is 15.6. The van der Waals surface area contributed by atoms with Crippen molar-refractivity contribution in [1.82, 2.24) is 20.1 Å². The van der Waals surface area contributed by atoms with E-state index in [9.17, 15) is 4.79 Å². The van der Waals surface area contributed by atoms with Gasteiger partial charge in [-0.25, -0.2) is 4.79 Å². The molecule has 3 heterocycles. The van der Waals surface area contributed by atoms with Crippen molar-refractivity contribution >= 4 is 17.4 Å². The first-order valence-electron chi connectivity index (χ1n) is 7.97. The Labute approximate surface area is 140 Å². The van der Waals surface area contributed by atoms with Crippen molar-refractivity contribution in [2.75, 3.05) is 32.7 Å². The fraction of sp³-hybridized carbons (Fsp3) is 0.412. The maximum absolute atomic E-state index is 12.2. The first kappa shape index (κ1) is 16.0. The molecule has 0 spiro atoms. The molecule has 0 aliphatic carbocycles. The third kappa shape index (κ3) is 4.77. The van der Waals surface area contributed by atoms with Gasteiger partial charge in [0.1, 0.15) is 0 Å². The van der Waals surface area contributed by atoms with E-state index in [0.29, 0.717) is 6.54 Å². The second-order valence-corrected chi connectivity index (χ2v) is 6.48. The molecule has 0 unspecified atom stereocenters. The van der Waals surface area contributed by atoms with Gasteiger partial charge in [0.05, 0.1) is 5.69 Å². The van der Waals surface area contributed by atoms with E-state index < -0.39 is 0 Å². The molecule has 1 fully saturated rings. The lowest BCUT2D eigenvalue weighted by Crippen LogP contribution is -2.51. The van der Waals surface area contributed by atoms with Gasteiger partial charge in [-0.1, -0.05) is 6.07 Å². The van der Waals surface area contributed by atoms with Crippen LogP contribution in [0.2, 0.25) is 0 Å². The summed E-state index contributed by atoms with van der Waals surface area (Å²) < 4.78 is 0. The minimum atomic E-state index is 0.0534. The number of urea groups is 1. The zero-order chi connectivity index (χ0) is 15.9. The number of thiophene rings is 1. The average molecular weight is 330 g/mol. The molecule has 1 saturated heterocycles. The monoisotopic (exact) mass is 330 g/mol. The molecule has 1 N–H and O–H groups in total. The van der Waals surface area contributed by atoms with Crippen molar-refractivity contribution in [1.29, 1.82) is 0 Å². The lowest BCUT2D eigenvalue weighted by molar-refractivity contribution is 0.134. The molecule has 1 aliphatic rings. The topological polar surface area (TPSA) is 48.5 Å². The highest BCUT2D eigenvalue weighted by Crippen LogP contribution is 2.08. The fourth-order valence-corrected chi connectivity index (χ4v) is 3.39. The molecule has 0 bridgehead atoms. The standard InChI is InChI=1S/C17H22N4OS/c22-17(19-7-4-15-5-12-23-14-15)21-10-8-20(9-11-21)13-16-3-1-2-6-18-16/h1-3,5-6,12,14H,4,7-11,13H2,(H,19,22). The van der Waals surface area contributed by atoms with E-state index in [2.05, 4.69) is 32.0 Å². The van der Waals surface area contributed by atoms with Crippen LogP contribution >= 0.6 is 11.3 Å². The summed E-state index contributed by atoms with van der Waals surface area (Å²) in [6, 6.07) is 8.15. The van der Waals surface area contributed by atoms with Crippen LogP contribution < -0.4 is 5.32 Å². The number of piperazine rings is 1. The lowest BCUT2D eigenvalue weighted by atomic mass is 10.2. The van der Waals surface area contributed by atoms with E-state index >= 15 is 0 Å². The van der Waals surface area contributed by atoms with Crippen LogP contribution in [-0.4, -0.2) is 53.5 Å². The Morgan fingerprint density at radius 2 is 2.09 bits per heavy atom. The molecule has 23 heavy (non-hydrogen) atoms. The van der Waals surface area contributed by atoms with Crippen molar-refractivity contribution in [3.05, 3.63) is 52.5 Å². The van der Waals surface area contributed by atoms with E-state index in [1.54, 1.807) is 11.3 Å². The Bertz CT molecular complexity index is 594. The molecule has 6 heteroatoms. The van der Waals surface area contributed by atoms with Gasteiger partial charge in [0.25, 0.3) is 0 Å². The van der Waals surface area contributed by atoms with Crippen molar-refractivity contribution in [3.63, 3.8) is 0 Å². The molecule has 0 aromatic carbocycles. The predicted octanol–water partition coefficient (Wildman–Crippen LogP) is 2.21. The molecule has 0 atom stereocenters. The number of aromatic nitrogens is 1. The highest BCUT2D eigenvalue weighted by atomic mass is 32.1. The van der Waals surface area contributed by atoms with Crippen molar-refractivity contribution in [2.24, 2.45) is 0 Å². The van der Waals surface area contributed by atoms with Crippen LogP contribution in [0.25, 0.3) is 0 Å². The Morgan fingerprint density at radius 1 is 1.22 bits per heavy atom. The molecule has 1 aliphatic heterocycles. The summed E-state index contributed by atoms with van der Waals surface area (Å²) in [6.07, 6.45) is 2.72. The highest BCUT2D eigenvalue weighted by molar-refractivity contribution is 7.07. The third-order valence-electron chi connectivity index (χ3n) is 4.04. The van der Waals surface area contributed by atoms with Gasteiger partial charge < -0.3 is 10.2 Å². The minimum absolute atomic E-state index is 0.0534. The van der Waals surface area contributed by atoms with Crippen LogP contribution in [-0.2, 0) is 13.0 Å². The number of nitrogens with one attached hydrogen (secondary N) is 1.